The van der Waals surface area contributed by atoms with Crippen LogP contribution in [0.25, 0.3) is 0 Å². The van der Waals surface area contributed by atoms with E-state index in [0.717, 1.165) is 5.56 Å². The molecule has 0 saturated carbocycles. The Kier molecular flexibility index (Phi) is 10.5. The third-order valence-corrected chi connectivity index (χ3v) is 7.13. The Morgan fingerprint density at radius 2 is 1.47 bits per heavy atom. The first-order valence-corrected chi connectivity index (χ1v) is 13.1. The average Bonchev–Trinajstić information content (AvgIpc) is 2.84. The first-order chi connectivity index (χ1) is 17.2. The normalized spacial score (nSPS) is 11.9. The molecule has 3 aromatic carbocycles. The van der Waals surface area contributed by atoms with E-state index in [9.17, 15) is 9.59 Å². The largest absolute Gasteiger partial charge is 0.354 e. The van der Waals surface area contributed by atoms with Crippen molar-refractivity contribution >= 4 is 58.2 Å². The number of rotatable bonds is 10. The summed E-state index contributed by atoms with van der Waals surface area (Å²) in [6, 6.07) is 19.1. The minimum atomic E-state index is -0.784. The third kappa shape index (κ3) is 7.88. The number of benzene rings is 3. The Labute approximate surface area is 232 Å². The molecule has 3 rings (SSSR count). The lowest BCUT2D eigenvalue weighted by molar-refractivity contribution is -0.140. The zero-order valence-corrected chi connectivity index (χ0v) is 23.1. The van der Waals surface area contributed by atoms with Crippen LogP contribution >= 0.6 is 46.4 Å². The van der Waals surface area contributed by atoms with Gasteiger partial charge in [0.15, 0.2) is 0 Å². The van der Waals surface area contributed by atoms with Gasteiger partial charge >= 0.3 is 0 Å². The Morgan fingerprint density at radius 1 is 0.806 bits per heavy atom. The lowest BCUT2D eigenvalue weighted by atomic mass is 10.0. The van der Waals surface area contributed by atoms with Crippen molar-refractivity contribution in [3.05, 3.63) is 104 Å². The standard InChI is InChI=1S/C28H28Cl4N2O2/c1-18(2)16-33-28(36)26(14-19-7-4-3-5-8-19)34(17-21-22(29)9-6-10-23(21)30)27(35)15-20-11-12-24(31)25(32)13-20/h3-13,18,26H,14-17H2,1-2H3,(H,33,36)/t26-/m1/s1. The second-order valence-corrected chi connectivity index (χ2v) is 10.6. The van der Waals surface area contributed by atoms with Gasteiger partial charge in [-0.3, -0.25) is 9.59 Å². The molecule has 0 radical (unpaired) electrons. The number of hydrogen-bond acceptors (Lipinski definition) is 2. The highest BCUT2D eigenvalue weighted by Crippen LogP contribution is 2.28. The second-order valence-electron chi connectivity index (χ2n) is 8.99. The number of nitrogens with zero attached hydrogens (tertiary/aromatic N) is 1. The SMILES string of the molecule is CC(C)CNC(=O)[C@@H](Cc1ccccc1)N(Cc1c(Cl)cccc1Cl)C(=O)Cc1ccc(Cl)c(Cl)c1. The predicted octanol–water partition coefficient (Wildman–Crippen LogP) is 7.26. The molecular weight excluding hydrogens is 538 g/mol. The molecule has 1 atom stereocenters. The summed E-state index contributed by atoms with van der Waals surface area (Å²) in [5.41, 5.74) is 2.20. The molecule has 0 saturated heterocycles. The van der Waals surface area contributed by atoms with Crippen molar-refractivity contribution in [2.45, 2.75) is 39.3 Å². The molecule has 0 aliphatic heterocycles. The Balaban J connectivity index is 2.01. The number of carbonyl (C=O) groups excluding carboxylic acids is 2. The van der Waals surface area contributed by atoms with Gasteiger partial charge in [-0.1, -0.05) is 103 Å². The van der Waals surface area contributed by atoms with Crippen LogP contribution in [0.2, 0.25) is 20.1 Å². The summed E-state index contributed by atoms with van der Waals surface area (Å²) < 4.78 is 0. The summed E-state index contributed by atoms with van der Waals surface area (Å²) in [6.07, 6.45) is 0.363. The molecule has 0 spiro atoms. The molecule has 190 valence electrons. The van der Waals surface area contributed by atoms with E-state index < -0.39 is 6.04 Å². The van der Waals surface area contributed by atoms with Crippen LogP contribution in [0.4, 0.5) is 0 Å². The highest BCUT2D eigenvalue weighted by Gasteiger charge is 2.31. The van der Waals surface area contributed by atoms with E-state index >= 15 is 0 Å². The third-order valence-electron chi connectivity index (χ3n) is 5.69. The van der Waals surface area contributed by atoms with Crippen molar-refractivity contribution in [2.75, 3.05) is 6.54 Å². The summed E-state index contributed by atoms with van der Waals surface area (Å²) in [5, 5.41) is 4.61. The van der Waals surface area contributed by atoms with Crippen LogP contribution in [-0.4, -0.2) is 29.3 Å². The van der Waals surface area contributed by atoms with E-state index in [2.05, 4.69) is 5.32 Å². The summed E-state index contributed by atoms with van der Waals surface area (Å²) in [5.74, 6) is -0.243. The number of carbonyl (C=O) groups is 2. The molecule has 8 heteroatoms. The fraction of sp³-hybridized carbons (Fsp3) is 0.286. The molecule has 3 aromatic rings. The molecule has 0 heterocycles. The monoisotopic (exact) mass is 564 g/mol. The van der Waals surface area contributed by atoms with Gasteiger partial charge in [0.05, 0.1) is 16.5 Å². The van der Waals surface area contributed by atoms with Gasteiger partial charge in [-0.15, -0.1) is 0 Å². The molecule has 0 aromatic heterocycles. The molecule has 0 fully saturated rings. The van der Waals surface area contributed by atoms with Gasteiger partial charge in [0.2, 0.25) is 11.8 Å². The molecule has 0 aliphatic rings. The predicted molar refractivity (Wildman–Crippen MR) is 149 cm³/mol. The van der Waals surface area contributed by atoms with E-state index in [1.807, 2.05) is 44.2 Å². The van der Waals surface area contributed by atoms with Crippen molar-refractivity contribution < 1.29 is 9.59 Å². The van der Waals surface area contributed by atoms with E-state index in [-0.39, 0.29) is 30.7 Å². The van der Waals surface area contributed by atoms with Crippen molar-refractivity contribution in [3.8, 4) is 0 Å². The zero-order chi connectivity index (χ0) is 26.2. The first-order valence-electron chi connectivity index (χ1n) is 11.6. The molecule has 0 bridgehead atoms. The molecule has 1 N–H and O–H groups in total. The second kappa shape index (κ2) is 13.3. The summed E-state index contributed by atoms with van der Waals surface area (Å²) in [4.78, 5) is 28.8. The molecular formula is C28H28Cl4N2O2. The lowest BCUT2D eigenvalue weighted by Crippen LogP contribution is -2.51. The molecule has 36 heavy (non-hydrogen) atoms. The fourth-order valence-corrected chi connectivity index (χ4v) is 4.59. The summed E-state index contributed by atoms with van der Waals surface area (Å²) >= 11 is 25.2. The van der Waals surface area contributed by atoms with Crippen molar-refractivity contribution in [3.63, 3.8) is 0 Å². The van der Waals surface area contributed by atoms with Gasteiger partial charge in [-0.2, -0.15) is 0 Å². The fourth-order valence-electron chi connectivity index (χ4n) is 3.76. The topological polar surface area (TPSA) is 49.4 Å². The van der Waals surface area contributed by atoms with E-state index in [1.165, 1.54) is 0 Å². The highest BCUT2D eigenvalue weighted by molar-refractivity contribution is 6.42. The quantitative estimate of drug-likeness (QED) is 0.281. The molecule has 0 unspecified atom stereocenters. The van der Waals surface area contributed by atoms with Crippen LogP contribution in [0.3, 0.4) is 0 Å². The van der Waals surface area contributed by atoms with Crippen molar-refractivity contribution in [2.24, 2.45) is 5.92 Å². The van der Waals surface area contributed by atoms with Crippen LogP contribution < -0.4 is 5.32 Å². The maximum Gasteiger partial charge on any atom is 0.243 e. The average molecular weight is 566 g/mol. The van der Waals surface area contributed by atoms with Crippen LogP contribution in [0.15, 0.2) is 66.7 Å². The van der Waals surface area contributed by atoms with E-state index in [0.29, 0.717) is 44.2 Å². The van der Waals surface area contributed by atoms with Crippen LogP contribution in [0, 0.1) is 5.92 Å². The Morgan fingerprint density at radius 3 is 2.08 bits per heavy atom. The highest BCUT2D eigenvalue weighted by atomic mass is 35.5. The molecule has 0 aliphatic carbocycles. The first kappa shape index (κ1) is 28.3. The van der Waals surface area contributed by atoms with Gasteiger partial charge in [-0.05, 0) is 41.3 Å². The Hall–Kier alpha value is -2.24. The molecule has 4 nitrogen and oxygen atoms in total. The maximum atomic E-state index is 13.8. The van der Waals surface area contributed by atoms with Gasteiger partial charge in [-0.25, -0.2) is 0 Å². The Bertz CT molecular complexity index is 1180. The number of hydrogen-bond donors (Lipinski definition) is 1. The van der Waals surface area contributed by atoms with Crippen LogP contribution in [-0.2, 0) is 29.0 Å². The maximum absolute atomic E-state index is 13.8. The zero-order valence-electron chi connectivity index (χ0n) is 20.1. The summed E-state index contributed by atoms with van der Waals surface area (Å²) in [6.45, 7) is 4.60. The lowest BCUT2D eigenvalue weighted by Gasteiger charge is -2.32. The minimum Gasteiger partial charge on any atom is -0.354 e. The van der Waals surface area contributed by atoms with Gasteiger partial charge in [0, 0.05) is 35.1 Å². The van der Waals surface area contributed by atoms with E-state index in [1.54, 1.807) is 41.3 Å². The van der Waals surface area contributed by atoms with Gasteiger partial charge < -0.3 is 10.2 Å². The number of nitrogens with one attached hydrogen (secondary N) is 1. The van der Waals surface area contributed by atoms with Crippen LogP contribution in [0.5, 0.6) is 0 Å². The van der Waals surface area contributed by atoms with Gasteiger partial charge in [0.1, 0.15) is 6.04 Å². The van der Waals surface area contributed by atoms with Gasteiger partial charge in [0.25, 0.3) is 0 Å². The minimum absolute atomic E-state index is 0.0295. The van der Waals surface area contributed by atoms with Crippen molar-refractivity contribution in [1.29, 1.82) is 0 Å². The smallest absolute Gasteiger partial charge is 0.243 e. The molecule has 2 amide bonds. The summed E-state index contributed by atoms with van der Waals surface area (Å²) in [7, 11) is 0. The number of amides is 2. The van der Waals surface area contributed by atoms with Crippen LogP contribution in [0.1, 0.15) is 30.5 Å². The number of halogens is 4. The van der Waals surface area contributed by atoms with Crippen molar-refractivity contribution in [1.82, 2.24) is 10.2 Å². The van der Waals surface area contributed by atoms with E-state index in [4.69, 9.17) is 46.4 Å².